The Morgan fingerprint density at radius 3 is 2.87 bits per heavy atom. The van der Waals surface area contributed by atoms with Crippen LogP contribution in [0.4, 0.5) is 5.95 Å². The molecule has 0 spiro atoms. The van der Waals surface area contributed by atoms with Crippen LogP contribution in [0.15, 0.2) is 42.5 Å². The van der Waals surface area contributed by atoms with Crippen LogP contribution < -0.4 is 10.1 Å². The van der Waals surface area contributed by atoms with Crippen molar-refractivity contribution in [1.29, 1.82) is 0 Å². The summed E-state index contributed by atoms with van der Waals surface area (Å²) in [5.41, 5.74) is 3.93. The number of anilines is 1. The van der Waals surface area contributed by atoms with Crippen LogP contribution >= 0.6 is 0 Å². The van der Waals surface area contributed by atoms with Gasteiger partial charge < -0.3 is 9.72 Å². The van der Waals surface area contributed by atoms with Crippen LogP contribution in [-0.4, -0.2) is 22.5 Å². The third kappa shape index (κ3) is 3.69. The first kappa shape index (κ1) is 15.1. The number of hydrogen-bond acceptors (Lipinski definition) is 3. The van der Waals surface area contributed by atoms with Crippen molar-refractivity contribution in [3.63, 3.8) is 0 Å². The van der Waals surface area contributed by atoms with E-state index in [1.54, 1.807) is 0 Å². The molecule has 3 rings (SSSR count). The van der Waals surface area contributed by atoms with Crippen LogP contribution in [0.3, 0.4) is 0 Å². The van der Waals surface area contributed by atoms with Crippen molar-refractivity contribution in [2.24, 2.45) is 0 Å². The number of nitrogens with zero attached hydrogens (tertiary/aromatic N) is 1. The number of imidazole rings is 1. The molecule has 0 aliphatic carbocycles. The summed E-state index contributed by atoms with van der Waals surface area (Å²) in [6.07, 6.45) is 0.268. The number of fused-ring (bicyclic) bond motifs is 1. The average Bonchev–Trinajstić information content (AvgIpc) is 2.92. The van der Waals surface area contributed by atoms with E-state index in [4.69, 9.17) is 4.74 Å². The van der Waals surface area contributed by atoms with E-state index in [0.29, 0.717) is 12.6 Å². The maximum Gasteiger partial charge on any atom is 0.230 e. The van der Waals surface area contributed by atoms with Gasteiger partial charge in [-0.25, -0.2) is 4.98 Å². The van der Waals surface area contributed by atoms with Crippen LogP contribution in [0.2, 0.25) is 0 Å². The first-order chi connectivity index (χ1) is 11.1. The largest absolute Gasteiger partial charge is 0.493 e. The molecule has 0 aliphatic heterocycles. The second kappa shape index (κ2) is 6.52. The van der Waals surface area contributed by atoms with Gasteiger partial charge in [-0.05, 0) is 43.2 Å². The molecule has 1 amide bonds. The number of hydrogen-bond donors (Lipinski definition) is 2. The normalized spacial score (nSPS) is 10.7. The van der Waals surface area contributed by atoms with E-state index >= 15 is 0 Å². The lowest BCUT2D eigenvalue weighted by molar-refractivity contribution is -0.116. The molecule has 2 N–H and O–H groups in total. The summed E-state index contributed by atoms with van der Waals surface area (Å²) in [6, 6.07) is 13.7. The van der Waals surface area contributed by atoms with Crippen LogP contribution in [0.25, 0.3) is 11.0 Å². The minimum Gasteiger partial charge on any atom is -0.493 e. The summed E-state index contributed by atoms with van der Waals surface area (Å²) in [6.45, 7) is 4.33. The predicted molar refractivity (Wildman–Crippen MR) is 90.8 cm³/mol. The lowest BCUT2D eigenvalue weighted by atomic mass is 10.1. The number of rotatable bonds is 5. The van der Waals surface area contributed by atoms with Gasteiger partial charge in [-0.3, -0.25) is 10.1 Å². The molecule has 3 aromatic rings. The number of aryl methyl sites for hydroxylation is 2. The molecule has 0 aliphatic rings. The Bertz CT molecular complexity index is 806. The molecule has 2 aromatic carbocycles. The van der Waals surface area contributed by atoms with Crippen molar-refractivity contribution in [1.82, 2.24) is 9.97 Å². The van der Waals surface area contributed by atoms with Crippen LogP contribution in [0, 0.1) is 13.8 Å². The molecule has 0 fully saturated rings. The number of H-pyrrole nitrogens is 1. The summed E-state index contributed by atoms with van der Waals surface area (Å²) >= 11 is 0. The minimum absolute atomic E-state index is 0.130. The number of carbonyl (C=O) groups is 1. The molecule has 0 saturated carbocycles. The fourth-order valence-corrected chi connectivity index (χ4v) is 2.32. The van der Waals surface area contributed by atoms with E-state index in [9.17, 15) is 4.79 Å². The Hall–Kier alpha value is -2.82. The second-order valence-electron chi connectivity index (χ2n) is 5.52. The SMILES string of the molecule is Cc1ccc(C)c(OCCC(=O)Nc2nc3ccccc3[nH]2)c1. The summed E-state index contributed by atoms with van der Waals surface area (Å²) in [7, 11) is 0. The van der Waals surface area contributed by atoms with Gasteiger partial charge in [-0.1, -0.05) is 24.3 Å². The Morgan fingerprint density at radius 1 is 1.22 bits per heavy atom. The highest BCUT2D eigenvalue weighted by Crippen LogP contribution is 2.19. The molecule has 5 heteroatoms. The second-order valence-corrected chi connectivity index (χ2v) is 5.52. The number of para-hydroxylation sites is 2. The molecule has 118 valence electrons. The van der Waals surface area contributed by atoms with Gasteiger partial charge >= 0.3 is 0 Å². The fourth-order valence-electron chi connectivity index (χ4n) is 2.32. The van der Waals surface area contributed by atoms with Crippen molar-refractivity contribution >= 4 is 22.9 Å². The molecular formula is C18H19N3O2. The zero-order valence-corrected chi connectivity index (χ0v) is 13.2. The van der Waals surface area contributed by atoms with Crippen molar-refractivity contribution in [3.05, 3.63) is 53.6 Å². The lowest BCUT2D eigenvalue weighted by Gasteiger charge is -2.09. The molecule has 0 unspecified atom stereocenters. The molecule has 1 aromatic heterocycles. The molecule has 0 saturated heterocycles. The van der Waals surface area contributed by atoms with Crippen molar-refractivity contribution < 1.29 is 9.53 Å². The number of amides is 1. The zero-order valence-electron chi connectivity index (χ0n) is 13.2. The average molecular weight is 309 g/mol. The van der Waals surface area contributed by atoms with E-state index < -0.39 is 0 Å². The van der Waals surface area contributed by atoms with E-state index in [1.807, 2.05) is 56.3 Å². The highest BCUT2D eigenvalue weighted by atomic mass is 16.5. The monoisotopic (exact) mass is 309 g/mol. The predicted octanol–water partition coefficient (Wildman–Crippen LogP) is 3.59. The number of nitrogens with one attached hydrogen (secondary N) is 2. The summed E-state index contributed by atoms with van der Waals surface area (Å²) in [5.74, 6) is 1.15. The van der Waals surface area contributed by atoms with Gasteiger partial charge in [0.15, 0.2) is 0 Å². The molecular weight excluding hydrogens is 290 g/mol. The van der Waals surface area contributed by atoms with Gasteiger partial charge in [-0.15, -0.1) is 0 Å². The molecule has 0 radical (unpaired) electrons. The molecule has 0 bridgehead atoms. The van der Waals surface area contributed by atoms with E-state index in [0.717, 1.165) is 27.9 Å². The summed E-state index contributed by atoms with van der Waals surface area (Å²) in [5, 5.41) is 2.76. The van der Waals surface area contributed by atoms with E-state index in [1.165, 1.54) is 0 Å². The highest BCUT2D eigenvalue weighted by molar-refractivity contribution is 5.91. The molecule has 1 heterocycles. The van der Waals surface area contributed by atoms with Gasteiger partial charge in [0, 0.05) is 0 Å². The van der Waals surface area contributed by atoms with Crippen LogP contribution in [0.1, 0.15) is 17.5 Å². The summed E-state index contributed by atoms with van der Waals surface area (Å²) < 4.78 is 5.69. The van der Waals surface area contributed by atoms with Crippen LogP contribution in [-0.2, 0) is 4.79 Å². The highest BCUT2D eigenvalue weighted by Gasteiger charge is 2.07. The number of benzene rings is 2. The van der Waals surface area contributed by atoms with Crippen molar-refractivity contribution in [3.8, 4) is 5.75 Å². The van der Waals surface area contributed by atoms with Crippen LogP contribution in [0.5, 0.6) is 5.75 Å². The van der Waals surface area contributed by atoms with Crippen molar-refractivity contribution in [2.45, 2.75) is 20.3 Å². The zero-order chi connectivity index (χ0) is 16.2. The number of aromatic nitrogens is 2. The van der Waals surface area contributed by atoms with Crippen molar-refractivity contribution in [2.75, 3.05) is 11.9 Å². The first-order valence-corrected chi connectivity index (χ1v) is 7.56. The van der Waals surface area contributed by atoms with Gasteiger partial charge in [0.1, 0.15) is 5.75 Å². The first-order valence-electron chi connectivity index (χ1n) is 7.56. The third-order valence-electron chi connectivity index (χ3n) is 3.58. The lowest BCUT2D eigenvalue weighted by Crippen LogP contribution is -2.16. The maximum absolute atomic E-state index is 12.0. The van der Waals surface area contributed by atoms with Gasteiger partial charge in [0.2, 0.25) is 11.9 Å². The quantitative estimate of drug-likeness (QED) is 0.757. The summed E-state index contributed by atoms with van der Waals surface area (Å²) in [4.78, 5) is 19.4. The molecule has 5 nitrogen and oxygen atoms in total. The molecule has 23 heavy (non-hydrogen) atoms. The topological polar surface area (TPSA) is 67.0 Å². The van der Waals surface area contributed by atoms with E-state index in [-0.39, 0.29) is 12.3 Å². The minimum atomic E-state index is -0.130. The molecule has 0 atom stereocenters. The third-order valence-corrected chi connectivity index (χ3v) is 3.58. The number of carbonyl (C=O) groups excluding carboxylic acids is 1. The van der Waals surface area contributed by atoms with Gasteiger partial charge in [-0.2, -0.15) is 0 Å². The number of ether oxygens (including phenoxy) is 1. The smallest absolute Gasteiger partial charge is 0.230 e. The Labute approximate surface area is 134 Å². The Balaban J connectivity index is 1.54. The van der Waals surface area contributed by atoms with Gasteiger partial charge in [0.05, 0.1) is 24.1 Å². The van der Waals surface area contributed by atoms with E-state index in [2.05, 4.69) is 15.3 Å². The van der Waals surface area contributed by atoms with Gasteiger partial charge in [0.25, 0.3) is 0 Å². The maximum atomic E-state index is 12.0. The Kier molecular flexibility index (Phi) is 4.28. The standard InChI is InChI=1S/C18H19N3O2/c1-12-7-8-13(2)16(11-12)23-10-9-17(22)21-18-19-14-5-3-4-6-15(14)20-18/h3-8,11H,9-10H2,1-2H3,(H2,19,20,21,22). The Morgan fingerprint density at radius 2 is 2.04 bits per heavy atom. The number of aromatic amines is 1. The fraction of sp³-hybridized carbons (Fsp3) is 0.222.